The Bertz CT molecular complexity index is 1430. The van der Waals surface area contributed by atoms with Crippen LogP contribution in [0.1, 0.15) is 17.5 Å². The lowest BCUT2D eigenvalue weighted by atomic mass is 10.1. The predicted molar refractivity (Wildman–Crippen MR) is 128 cm³/mol. The minimum Gasteiger partial charge on any atom is -0.494 e. The first-order valence-corrected chi connectivity index (χ1v) is 10.5. The fourth-order valence-corrected chi connectivity index (χ4v) is 4.00. The molecule has 0 aliphatic carbocycles. The Balaban J connectivity index is 1.64. The molecule has 2 aromatic heterocycles. The van der Waals surface area contributed by atoms with Gasteiger partial charge in [0.05, 0.1) is 16.8 Å². The Morgan fingerprint density at radius 3 is 2.45 bits per heavy atom. The number of anilines is 1. The number of fused-ring (bicyclic) bond motifs is 1. The molecule has 1 atom stereocenters. The molecule has 5 nitrogen and oxygen atoms in total. The summed E-state index contributed by atoms with van der Waals surface area (Å²) >= 11 is 0. The van der Waals surface area contributed by atoms with Crippen molar-refractivity contribution < 1.29 is 14.2 Å². The first kappa shape index (κ1) is 20.6. The molecule has 0 fully saturated rings. The van der Waals surface area contributed by atoms with Gasteiger partial charge in [-0.1, -0.05) is 42.5 Å². The molecule has 0 amide bonds. The van der Waals surface area contributed by atoms with Crippen LogP contribution in [0.5, 0.6) is 11.6 Å². The highest BCUT2D eigenvalue weighted by Crippen LogP contribution is 2.37. The summed E-state index contributed by atoms with van der Waals surface area (Å²) in [6, 6.07) is 24.8. The van der Waals surface area contributed by atoms with Crippen LogP contribution in [0.15, 0.2) is 91.1 Å². The number of nitrogen functional groups attached to an aromatic ring is 1. The average Bonchev–Trinajstić information content (AvgIpc) is 3.15. The van der Waals surface area contributed by atoms with Crippen LogP contribution in [-0.2, 0) is 0 Å². The molecule has 0 radical (unpaired) electrons. The van der Waals surface area contributed by atoms with E-state index in [1.165, 1.54) is 12.1 Å². The van der Waals surface area contributed by atoms with Crippen molar-refractivity contribution in [3.63, 3.8) is 0 Å². The van der Waals surface area contributed by atoms with Gasteiger partial charge in [0.1, 0.15) is 11.6 Å². The Hall–Kier alpha value is -4.32. The second-order valence-corrected chi connectivity index (χ2v) is 7.88. The van der Waals surface area contributed by atoms with E-state index in [0.29, 0.717) is 22.5 Å². The van der Waals surface area contributed by atoms with Gasteiger partial charge < -0.3 is 15.6 Å². The first-order valence-electron chi connectivity index (χ1n) is 10.5. The first-order chi connectivity index (χ1) is 16.0. The predicted octanol–water partition coefficient (Wildman–Crippen LogP) is 6.06. The van der Waals surface area contributed by atoms with Crippen molar-refractivity contribution in [1.29, 1.82) is 0 Å². The smallest absolute Gasteiger partial charge is 0.204 e. The van der Waals surface area contributed by atoms with Crippen LogP contribution in [-0.4, -0.2) is 14.7 Å². The van der Waals surface area contributed by atoms with E-state index in [1.54, 1.807) is 16.7 Å². The molecule has 6 heteroatoms. The third-order valence-electron chi connectivity index (χ3n) is 5.56. The second kappa shape index (κ2) is 8.31. The molecular formula is C27H22FN3O2. The van der Waals surface area contributed by atoms with Crippen LogP contribution in [0.3, 0.4) is 0 Å². The number of nitrogens with zero attached hydrogens (tertiary/aromatic N) is 2. The molecule has 2 heterocycles. The van der Waals surface area contributed by atoms with E-state index in [2.05, 4.69) is 0 Å². The number of aromatic nitrogens is 2. The van der Waals surface area contributed by atoms with Gasteiger partial charge in [-0.2, -0.15) is 0 Å². The fourth-order valence-electron chi connectivity index (χ4n) is 4.00. The van der Waals surface area contributed by atoms with Gasteiger partial charge in [-0.15, -0.1) is 0 Å². The van der Waals surface area contributed by atoms with E-state index in [-0.39, 0.29) is 11.7 Å². The van der Waals surface area contributed by atoms with Crippen molar-refractivity contribution >= 4 is 16.5 Å². The number of halogens is 1. The van der Waals surface area contributed by atoms with Crippen molar-refractivity contribution in [3.05, 3.63) is 108 Å². The van der Waals surface area contributed by atoms with Crippen LogP contribution < -0.4 is 10.5 Å². The van der Waals surface area contributed by atoms with Gasteiger partial charge in [-0.3, -0.25) is 9.55 Å². The summed E-state index contributed by atoms with van der Waals surface area (Å²) in [6.45, 7) is 1.86. The number of nitrogens with two attached hydrogens (primary N) is 1. The number of pyridine rings is 1. The standard InChI is InChI=1S/C27H22FN3O2/c1-17-25-20(15-24(30-17)19-8-5-9-22(29)14-19)16-31(26(25)32)27(18-6-3-2-4-7-18)33-23-12-10-21(28)11-13-23/h2-16,27,32H,29H2,1H3. The monoisotopic (exact) mass is 439 g/mol. The SMILES string of the molecule is Cc1nc(-c2cccc(N)c2)cc2cn(C(Oc3ccc(F)cc3)c3ccccc3)c(O)c12. The van der Waals surface area contributed by atoms with Gasteiger partial charge in [0.2, 0.25) is 12.1 Å². The largest absolute Gasteiger partial charge is 0.494 e. The van der Waals surface area contributed by atoms with Crippen molar-refractivity contribution in [2.75, 3.05) is 5.73 Å². The summed E-state index contributed by atoms with van der Waals surface area (Å²) in [5, 5.41) is 12.7. The molecule has 0 saturated heterocycles. The van der Waals surface area contributed by atoms with E-state index >= 15 is 0 Å². The lowest BCUT2D eigenvalue weighted by Crippen LogP contribution is -2.16. The summed E-state index contributed by atoms with van der Waals surface area (Å²) in [7, 11) is 0. The number of aromatic hydroxyl groups is 1. The molecule has 0 saturated carbocycles. The van der Waals surface area contributed by atoms with Crippen LogP contribution in [0.4, 0.5) is 10.1 Å². The Kier molecular flexibility index (Phi) is 5.18. The maximum Gasteiger partial charge on any atom is 0.204 e. The summed E-state index contributed by atoms with van der Waals surface area (Å²) in [4.78, 5) is 4.70. The number of benzene rings is 3. The van der Waals surface area contributed by atoms with E-state index in [1.807, 2.05) is 73.8 Å². The molecule has 0 spiro atoms. The van der Waals surface area contributed by atoms with Gasteiger partial charge in [0.15, 0.2) is 0 Å². The third-order valence-corrected chi connectivity index (χ3v) is 5.56. The maximum atomic E-state index is 13.4. The Morgan fingerprint density at radius 2 is 1.73 bits per heavy atom. The van der Waals surface area contributed by atoms with E-state index in [4.69, 9.17) is 15.5 Å². The van der Waals surface area contributed by atoms with Crippen LogP contribution in [0.25, 0.3) is 22.0 Å². The quantitative estimate of drug-likeness (QED) is 0.326. The van der Waals surface area contributed by atoms with E-state index in [0.717, 1.165) is 22.2 Å². The van der Waals surface area contributed by atoms with Crippen molar-refractivity contribution in [2.45, 2.75) is 13.2 Å². The van der Waals surface area contributed by atoms with Crippen LogP contribution in [0.2, 0.25) is 0 Å². The zero-order chi connectivity index (χ0) is 22.9. The highest BCUT2D eigenvalue weighted by Gasteiger charge is 2.22. The fraction of sp³-hybridized carbons (Fsp3) is 0.0741. The number of hydrogen-bond donors (Lipinski definition) is 2. The average molecular weight is 439 g/mol. The van der Waals surface area contributed by atoms with E-state index < -0.39 is 6.23 Å². The molecule has 0 aliphatic rings. The molecule has 0 bridgehead atoms. The molecule has 3 N–H and O–H groups in total. The van der Waals surface area contributed by atoms with Gasteiger partial charge in [0.25, 0.3) is 0 Å². The van der Waals surface area contributed by atoms with Crippen LogP contribution in [0, 0.1) is 12.7 Å². The number of hydrogen-bond acceptors (Lipinski definition) is 4. The lowest BCUT2D eigenvalue weighted by Gasteiger charge is -2.22. The zero-order valence-corrected chi connectivity index (χ0v) is 17.9. The van der Waals surface area contributed by atoms with Crippen LogP contribution >= 0.6 is 0 Å². The Morgan fingerprint density at radius 1 is 0.970 bits per heavy atom. The molecule has 0 aliphatic heterocycles. The summed E-state index contributed by atoms with van der Waals surface area (Å²) in [5.74, 6) is 0.187. The zero-order valence-electron chi connectivity index (χ0n) is 17.9. The maximum absolute atomic E-state index is 13.4. The summed E-state index contributed by atoms with van der Waals surface area (Å²) in [5.41, 5.74) is 9.79. The van der Waals surface area contributed by atoms with Gasteiger partial charge in [-0.25, -0.2) is 4.39 Å². The topological polar surface area (TPSA) is 73.3 Å². The second-order valence-electron chi connectivity index (χ2n) is 7.88. The number of ether oxygens (including phenoxy) is 1. The highest BCUT2D eigenvalue weighted by molar-refractivity contribution is 5.92. The molecule has 5 aromatic rings. The minimum absolute atomic E-state index is 0.0464. The normalized spacial score (nSPS) is 12.1. The van der Waals surface area contributed by atoms with Crippen molar-refractivity contribution in [3.8, 4) is 22.9 Å². The highest BCUT2D eigenvalue weighted by atomic mass is 19.1. The molecule has 33 heavy (non-hydrogen) atoms. The number of rotatable bonds is 5. The molecule has 5 rings (SSSR count). The molecule has 3 aromatic carbocycles. The minimum atomic E-state index is -0.667. The van der Waals surface area contributed by atoms with Gasteiger partial charge in [-0.05, 0) is 49.4 Å². The molecule has 1 unspecified atom stereocenters. The molecular weight excluding hydrogens is 417 g/mol. The van der Waals surface area contributed by atoms with E-state index in [9.17, 15) is 9.50 Å². The molecule has 164 valence electrons. The summed E-state index contributed by atoms with van der Waals surface area (Å²) in [6.07, 6.45) is 1.18. The summed E-state index contributed by atoms with van der Waals surface area (Å²) < 4.78 is 21.3. The van der Waals surface area contributed by atoms with Crippen molar-refractivity contribution in [2.24, 2.45) is 0 Å². The van der Waals surface area contributed by atoms with Crippen molar-refractivity contribution in [1.82, 2.24) is 9.55 Å². The lowest BCUT2D eigenvalue weighted by molar-refractivity contribution is 0.163. The Labute approximate surface area is 190 Å². The third kappa shape index (κ3) is 3.99. The van der Waals surface area contributed by atoms with Gasteiger partial charge in [0, 0.05) is 28.4 Å². The van der Waals surface area contributed by atoms with Gasteiger partial charge >= 0.3 is 0 Å². The number of aryl methyl sites for hydroxylation is 1.